The Balaban J connectivity index is 1.87. The fourth-order valence-electron chi connectivity index (χ4n) is 2.52. The maximum Gasteiger partial charge on any atom is 0.254 e. The average molecular weight is 358 g/mol. The van der Waals surface area contributed by atoms with E-state index in [2.05, 4.69) is 12.1 Å². The number of methoxy groups -OCH3 is 1. The highest BCUT2D eigenvalue weighted by Gasteiger charge is 2.18. The maximum atomic E-state index is 13.1. The molecule has 1 aromatic carbocycles. The third-order valence-corrected chi connectivity index (χ3v) is 5.52. The first-order valence-electron chi connectivity index (χ1n) is 7.66. The maximum absolute atomic E-state index is 13.1. The topological polar surface area (TPSA) is 29.5 Å². The van der Waals surface area contributed by atoms with Crippen molar-refractivity contribution in [1.29, 1.82) is 0 Å². The summed E-state index contributed by atoms with van der Waals surface area (Å²) in [6.45, 7) is 3.21. The monoisotopic (exact) mass is 357 g/mol. The molecule has 124 valence electrons. The van der Waals surface area contributed by atoms with E-state index in [0.717, 1.165) is 11.3 Å². The minimum atomic E-state index is 0.0232. The van der Waals surface area contributed by atoms with E-state index < -0.39 is 0 Å². The third-order valence-electron chi connectivity index (χ3n) is 3.80. The van der Waals surface area contributed by atoms with Crippen molar-refractivity contribution in [3.05, 3.63) is 74.1 Å². The Morgan fingerprint density at radius 3 is 2.17 bits per heavy atom. The number of nitrogens with zero attached hydrogens (tertiary/aromatic N) is 1. The van der Waals surface area contributed by atoms with Crippen LogP contribution in [-0.4, -0.2) is 17.9 Å². The standard InChI is InChI=1S/C19H19NO2S2/c1-14-7-8-15(11-18(14)22-2)19(21)20(12-16-5-3-9-23-16)13-17-6-4-10-24-17/h3-11H,12-13H2,1-2H3. The molecular weight excluding hydrogens is 338 g/mol. The molecule has 24 heavy (non-hydrogen) atoms. The van der Waals surface area contributed by atoms with Gasteiger partial charge in [-0.15, -0.1) is 22.7 Å². The van der Waals surface area contributed by atoms with Crippen LogP contribution in [0.2, 0.25) is 0 Å². The molecule has 0 aliphatic carbocycles. The summed E-state index contributed by atoms with van der Waals surface area (Å²) in [5, 5.41) is 4.08. The number of aryl methyl sites for hydroxylation is 1. The number of hydrogen-bond donors (Lipinski definition) is 0. The number of carbonyl (C=O) groups excluding carboxylic acids is 1. The SMILES string of the molecule is COc1cc(C(=O)N(Cc2cccs2)Cc2cccs2)ccc1C. The van der Waals surface area contributed by atoms with Crippen molar-refractivity contribution in [2.24, 2.45) is 0 Å². The molecule has 0 fully saturated rings. The van der Waals surface area contributed by atoms with Crippen LogP contribution in [0.25, 0.3) is 0 Å². The molecule has 3 rings (SSSR count). The first-order chi connectivity index (χ1) is 11.7. The van der Waals surface area contributed by atoms with Gasteiger partial charge in [-0.05, 0) is 47.5 Å². The Labute approximate surface area is 150 Å². The second-order valence-electron chi connectivity index (χ2n) is 5.50. The van der Waals surface area contributed by atoms with Gasteiger partial charge in [-0.3, -0.25) is 4.79 Å². The van der Waals surface area contributed by atoms with Gasteiger partial charge in [0.2, 0.25) is 0 Å². The van der Waals surface area contributed by atoms with Gasteiger partial charge >= 0.3 is 0 Å². The summed E-state index contributed by atoms with van der Waals surface area (Å²) in [5.74, 6) is 0.767. The van der Waals surface area contributed by atoms with Gasteiger partial charge in [0.1, 0.15) is 5.75 Å². The molecule has 5 heteroatoms. The van der Waals surface area contributed by atoms with E-state index in [1.54, 1.807) is 29.8 Å². The zero-order chi connectivity index (χ0) is 16.9. The first kappa shape index (κ1) is 16.7. The third kappa shape index (κ3) is 3.86. The Hall–Kier alpha value is -2.11. The lowest BCUT2D eigenvalue weighted by atomic mass is 10.1. The molecule has 1 amide bonds. The summed E-state index contributed by atoms with van der Waals surface area (Å²) in [6.07, 6.45) is 0. The average Bonchev–Trinajstić information content (AvgIpc) is 3.28. The van der Waals surface area contributed by atoms with E-state index >= 15 is 0 Å². The predicted octanol–water partition coefficient (Wildman–Crippen LogP) is 4.97. The largest absolute Gasteiger partial charge is 0.496 e. The van der Waals surface area contributed by atoms with E-state index in [-0.39, 0.29) is 5.91 Å². The summed E-state index contributed by atoms with van der Waals surface area (Å²) in [4.78, 5) is 17.3. The minimum Gasteiger partial charge on any atom is -0.496 e. The number of thiophene rings is 2. The fraction of sp³-hybridized carbons (Fsp3) is 0.211. The zero-order valence-corrected chi connectivity index (χ0v) is 15.3. The van der Waals surface area contributed by atoms with Crippen LogP contribution < -0.4 is 4.74 Å². The normalized spacial score (nSPS) is 10.6. The van der Waals surface area contributed by atoms with Gasteiger partial charge in [-0.2, -0.15) is 0 Å². The number of benzene rings is 1. The van der Waals surface area contributed by atoms with Gasteiger partial charge in [0.25, 0.3) is 5.91 Å². The molecule has 2 aromatic heterocycles. The van der Waals surface area contributed by atoms with Crippen molar-refractivity contribution >= 4 is 28.6 Å². The van der Waals surface area contributed by atoms with Crippen LogP contribution in [0.4, 0.5) is 0 Å². The second-order valence-corrected chi connectivity index (χ2v) is 7.57. The number of amides is 1. The lowest BCUT2D eigenvalue weighted by molar-refractivity contribution is 0.0733. The van der Waals surface area contributed by atoms with Crippen LogP contribution in [0.5, 0.6) is 5.75 Å². The van der Waals surface area contributed by atoms with Gasteiger partial charge < -0.3 is 9.64 Å². The highest BCUT2D eigenvalue weighted by Crippen LogP contribution is 2.23. The van der Waals surface area contributed by atoms with Gasteiger partial charge in [0.05, 0.1) is 20.2 Å². The van der Waals surface area contributed by atoms with E-state index in [9.17, 15) is 4.79 Å². The molecule has 0 atom stereocenters. The van der Waals surface area contributed by atoms with E-state index in [4.69, 9.17) is 4.74 Å². The molecule has 3 nitrogen and oxygen atoms in total. The molecule has 0 unspecified atom stereocenters. The van der Waals surface area contributed by atoms with Crippen LogP contribution in [0.15, 0.2) is 53.2 Å². The van der Waals surface area contributed by atoms with Crippen molar-refractivity contribution in [1.82, 2.24) is 4.90 Å². The van der Waals surface area contributed by atoms with Crippen LogP contribution in [-0.2, 0) is 13.1 Å². The van der Waals surface area contributed by atoms with Crippen molar-refractivity contribution in [2.45, 2.75) is 20.0 Å². The minimum absolute atomic E-state index is 0.0232. The molecule has 0 saturated heterocycles. The highest BCUT2D eigenvalue weighted by atomic mass is 32.1. The fourth-order valence-corrected chi connectivity index (χ4v) is 3.96. The Morgan fingerprint density at radius 1 is 1.04 bits per heavy atom. The molecular formula is C19H19NO2S2. The molecule has 3 aromatic rings. The molecule has 0 radical (unpaired) electrons. The van der Waals surface area contributed by atoms with E-state index in [0.29, 0.717) is 18.7 Å². The molecule has 0 aliphatic rings. The Bertz CT molecular complexity index is 759. The molecule has 0 N–H and O–H groups in total. The molecule has 0 bridgehead atoms. The van der Waals surface area contributed by atoms with Crippen LogP contribution in [0.3, 0.4) is 0 Å². The Morgan fingerprint density at radius 2 is 1.67 bits per heavy atom. The smallest absolute Gasteiger partial charge is 0.254 e. The number of carbonyl (C=O) groups is 1. The van der Waals surface area contributed by atoms with Crippen molar-refractivity contribution in [3.63, 3.8) is 0 Å². The van der Waals surface area contributed by atoms with Crippen molar-refractivity contribution in [2.75, 3.05) is 7.11 Å². The van der Waals surface area contributed by atoms with Gasteiger partial charge in [-0.1, -0.05) is 18.2 Å². The van der Waals surface area contributed by atoms with Crippen LogP contribution >= 0.6 is 22.7 Å². The van der Waals surface area contributed by atoms with E-state index in [1.165, 1.54) is 9.75 Å². The van der Waals surface area contributed by atoms with Gasteiger partial charge in [0, 0.05) is 15.3 Å². The number of ether oxygens (including phenoxy) is 1. The lowest BCUT2D eigenvalue weighted by Gasteiger charge is -2.22. The molecule has 0 spiro atoms. The lowest BCUT2D eigenvalue weighted by Crippen LogP contribution is -2.29. The quantitative estimate of drug-likeness (QED) is 0.623. The van der Waals surface area contributed by atoms with Crippen LogP contribution in [0, 0.1) is 6.92 Å². The molecule has 0 saturated carbocycles. The molecule has 2 heterocycles. The second kappa shape index (κ2) is 7.64. The summed E-state index contributed by atoms with van der Waals surface area (Å²) >= 11 is 3.34. The zero-order valence-electron chi connectivity index (χ0n) is 13.7. The number of rotatable bonds is 6. The highest BCUT2D eigenvalue weighted by molar-refractivity contribution is 7.10. The van der Waals surface area contributed by atoms with Gasteiger partial charge in [-0.25, -0.2) is 0 Å². The number of hydrogen-bond acceptors (Lipinski definition) is 4. The first-order valence-corrected chi connectivity index (χ1v) is 9.42. The predicted molar refractivity (Wildman–Crippen MR) is 99.9 cm³/mol. The van der Waals surface area contributed by atoms with Gasteiger partial charge in [0.15, 0.2) is 0 Å². The summed E-state index contributed by atoms with van der Waals surface area (Å²) in [7, 11) is 1.63. The molecule has 0 aliphatic heterocycles. The Kier molecular flexibility index (Phi) is 5.33. The van der Waals surface area contributed by atoms with Crippen molar-refractivity contribution in [3.8, 4) is 5.75 Å². The summed E-state index contributed by atoms with van der Waals surface area (Å²) < 4.78 is 5.36. The van der Waals surface area contributed by atoms with Crippen LogP contribution in [0.1, 0.15) is 25.7 Å². The summed E-state index contributed by atoms with van der Waals surface area (Å²) in [5.41, 5.74) is 1.68. The summed E-state index contributed by atoms with van der Waals surface area (Å²) in [6, 6.07) is 13.8. The van der Waals surface area contributed by atoms with E-state index in [1.807, 2.05) is 52.9 Å². The van der Waals surface area contributed by atoms with Crippen molar-refractivity contribution < 1.29 is 9.53 Å².